The van der Waals surface area contributed by atoms with Crippen LogP contribution in [-0.2, 0) is 0 Å². The molecule has 0 aliphatic heterocycles. The summed E-state index contributed by atoms with van der Waals surface area (Å²) in [5, 5.41) is 11.3. The summed E-state index contributed by atoms with van der Waals surface area (Å²) in [6.45, 7) is 1.78. The molecule has 0 saturated heterocycles. The van der Waals surface area contributed by atoms with Gasteiger partial charge in [0.15, 0.2) is 0 Å². The minimum atomic E-state index is -1.08. The molecule has 0 radical (unpaired) electrons. The van der Waals surface area contributed by atoms with E-state index in [1.54, 1.807) is 6.92 Å². The van der Waals surface area contributed by atoms with E-state index in [-0.39, 0.29) is 23.2 Å². The molecule has 5 heteroatoms. The van der Waals surface area contributed by atoms with Crippen molar-refractivity contribution in [2.24, 2.45) is 0 Å². The second kappa shape index (κ2) is 5.66. The Kier molecular flexibility index (Phi) is 4.23. The van der Waals surface area contributed by atoms with Crippen LogP contribution in [0, 0.1) is 12.3 Å². The molecule has 0 aliphatic rings. The summed E-state index contributed by atoms with van der Waals surface area (Å²) in [5.41, 5.74) is 0.206. The average Bonchev–Trinajstić information content (AvgIpc) is 2.29. The van der Waals surface area contributed by atoms with E-state index < -0.39 is 5.97 Å². The number of aromatic carboxylic acids is 1. The SMILES string of the molecule is C#CCC(C)NC(=O)c1ccc(C(=O)O)cn1. The third kappa shape index (κ3) is 3.61. The first-order valence-corrected chi connectivity index (χ1v) is 4.98. The van der Waals surface area contributed by atoms with E-state index in [0.717, 1.165) is 6.20 Å². The van der Waals surface area contributed by atoms with Gasteiger partial charge in [-0.25, -0.2) is 4.79 Å². The van der Waals surface area contributed by atoms with Crippen molar-refractivity contribution in [1.82, 2.24) is 10.3 Å². The summed E-state index contributed by atoms with van der Waals surface area (Å²) in [6.07, 6.45) is 6.69. The van der Waals surface area contributed by atoms with Crippen molar-refractivity contribution in [1.29, 1.82) is 0 Å². The zero-order valence-electron chi connectivity index (χ0n) is 9.30. The lowest BCUT2D eigenvalue weighted by molar-refractivity contribution is 0.0695. The molecule has 0 aliphatic carbocycles. The number of carbonyl (C=O) groups excluding carboxylic acids is 1. The predicted molar refractivity (Wildman–Crippen MR) is 61.6 cm³/mol. The van der Waals surface area contributed by atoms with Crippen LogP contribution in [0.3, 0.4) is 0 Å². The van der Waals surface area contributed by atoms with Crippen LogP contribution >= 0.6 is 0 Å². The van der Waals surface area contributed by atoms with E-state index in [9.17, 15) is 9.59 Å². The number of pyridine rings is 1. The highest BCUT2D eigenvalue weighted by Gasteiger charge is 2.11. The summed E-state index contributed by atoms with van der Waals surface area (Å²) in [7, 11) is 0. The molecule has 0 bridgehead atoms. The highest BCUT2D eigenvalue weighted by molar-refractivity contribution is 5.93. The van der Waals surface area contributed by atoms with Gasteiger partial charge in [0.25, 0.3) is 5.91 Å². The van der Waals surface area contributed by atoms with Crippen molar-refractivity contribution in [3.8, 4) is 12.3 Å². The highest BCUT2D eigenvalue weighted by atomic mass is 16.4. The van der Waals surface area contributed by atoms with Gasteiger partial charge in [-0.3, -0.25) is 9.78 Å². The highest BCUT2D eigenvalue weighted by Crippen LogP contribution is 2.01. The predicted octanol–water partition coefficient (Wildman–Crippen LogP) is 0.921. The quantitative estimate of drug-likeness (QED) is 0.756. The lowest BCUT2D eigenvalue weighted by Crippen LogP contribution is -2.32. The molecule has 1 atom stereocenters. The number of rotatable bonds is 4. The van der Waals surface area contributed by atoms with Crippen LogP contribution in [0.25, 0.3) is 0 Å². The Morgan fingerprint density at radius 1 is 1.59 bits per heavy atom. The normalized spacial score (nSPS) is 11.3. The summed E-state index contributed by atoms with van der Waals surface area (Å²) < 4.78 is 0. The zero-order chi connectivity index (χ0) is 12.8. The van der Waals surface area contributed by atoms with Gasteiger partial charge in [-0.15, -0.1) is 12.3 Å². The van der Waals surface area contributed by atoms with Crippen molar-refractivity contribution in [2.45, 2.75) is 19.4 Å². The molecule has 1 rings (SSSR count). The maximum atomic E-state index is 11.6. The summed E-state index contributed by atoms with van der Waals surface area (Å²) in [6, 6.07) is 2.55. The summed E-state index contributed by atoms with van der Waals surface area (Å²) in [5.74, 6) is 0.986. The fourth-order valence-corrected chi connectivity index (χ4v) is 1.18. The Morgan fingerprint density at radius 2 is 2.29 bits per heavy atom. The van der Waals surface area contributed by atoms with Gasteiger partial charge in [0, 0.05) is 18.7 Å². The van der Waals surface area contributed by atoms with Gasteiger partial charge in [0.1, 0.15) is 5.69 Å². The van der Waals surface area contributed by atoms with Crippen LogP contribution in [0.2, 0.25) is 0 Å². The van der Waals surface area contributed by atoms with E-state index in [4.69, 9.17) is 11.5 Å². The number of nitrogens with zero attached hydrogens (tertiary/aromatic N) is 1. The maximum Gasteiger partial charge on any atom is 0.337 e. The van der Waals surface area contributed by atoms with E-state index in [1.807, 2.05) is 0 Å². The van der Waals surface area contributed by atoms with Crippen molar-refractivity contribution in [3.63, 3.8) is 0 Å². The molecular weight excluding hydrogens is 220 g/mol. The molecule has 1 aromatic heterocycles. The fourth-order valence-electron chi connectivity index (χ4n) is 1.18. The summed E-state index contributed by atoms with van der Waals surface area (Å²) >= 11 is 0. The molecule has 0 spiro atoms. The molecule has 1 amide bonds. The van der Waals surface area contributed by atoms with Gasteiger partial charge in [-0.05, 0) is 19.1 Å². The van der Waals surface area contributed by atoms with Crippen LogP contribution in [0.4, 0.5) is 0 Å². The molecule has 0 saturated carbocycles. The van der Waals surface area contributed by atoms with Crippen LogP contribution < -0.4 is 5.32 Å². The maximum absolute atomic E-state index is 11.6. The van der Waals surface area contributed by atoms with E-state index in [0.29, 0.717) is 6.42 Å². The number of hydrogen-bond donors (Lipinski definition) is 2. The smallest absolute Gasteiger partial charge is 0.337 e. The van der Waals surface area contributed by atoms with Gasteiger partial charge < -0.3 is 10.4 Å². The number of aromatic nitrogens is 1. The fraction of sp³-hybridized carbons (Fsp3) is 0.250. The third-order valence-corrected chi connectivity index (χ3v) is 2.04. The molecule has 2 N–H and O–H groups in total. The van der Waals surface area contributed by atoms with Crippen LogP contribution in [0.5, 0.6) is 0 Å². The first-order chi connectivity index (χ1) is 8.04. The summed E-state index contributed by atoms with van der Waals surface area (Å²) in [4.78, 5) is 26.0. The minimum Gasteiger partial charge on any atom is -0.478 e. The number of amides is 1. The number of terminal acetylenes is 1. The zero-order valence-corrected chi connectivity index (χ0v) is 9.30. The molecule has 5 nitrogen and oxygen atoms in total. The molecule has 1 unspecified atom stereocenters. The van der Waals surface area contributed by atoms with Crippen molar-refractivity contribution in [3.05, 3.63) is 29.6 Å². The molecule has 0 fully saturated rings. The molecule has 17 heavy (non-hydrogen) atoms. The Morgan fingerprint density at radius 3 is 2.76 bits per heavy atom. The molecule has 1 aromatic rings. The van der Waals surface area contributed by atoms with E-state index in [1.165, 1.54) is 12.1 Å². The molecule has 0 aromatic carbocycles. The third-order valence-electron chi connectivity index (χ3n) is 2.04. The van der Waals surface area contributed by atoms with E-state index in [2.05, 4.69) is 16.2 Å². The van der Waals surface area contributed by atoms with Crippen LogP contribution in [0.15, 0.2) is 18.3 Å². The van der Waals surface area contributed by atoms with Crippen molar-refractivity contribution >= 4 is 11.9 Å². The minimum absolute atomic E-state index is 0.0400. The number of hydrogen-bond acceptors (Lipinski definition) is 3. The second-order valence-corrected chi connectivity index (χ2v) is 3.52. The lowest BCUT2D eigenvalue weighted by Gasteiger charge is -2.10. The Hall–Kier alpha value is -2.35. The van der Waals surface area contributed by atoms with Gasteiger partial charge in [0.2, 0.25) is 0 Å². The number of nitrogens with one attached hydrogen (secondary N) is 1. The topological polar surface area (TPSA) is 79.3 Å². The first-order valence-electron chi connectivity index (χ1n) is 4.98. The number of carbonyl (C=O) groups is 2. The van der Waals surface area contributed by atoms with Crippen LogP contribution in [-0.4, -0.2) is 28.0 Å². The first kappa shape index (κ1) is 12.7. The lowest BCUT2D eigenvalue weighted by atomic mass is 10.2. The Bertz CT molecular complexity index is 460. The Balaban J connectivity index is 2.70. The molecule has 1 heterocycles. The Labute approximate surface area is 98.9 Å². The molecular formula is C12H12N2O3. The average molecular weight is 232 g/mol. The van der Waals surface area contributed by atoms with Gasteiger partial charge in [-0.1, -0.05) is 0 Å². The largest absolute Gasteiger partial charge is 0.478 e. The van der Waals surface area contributed by atoms with Crippen LogP contribution in [0.1, 0.15) is 34.2 Å². The second-order valence-electron chi connectivity index (χ2n) is 3.52. The van der Waals surface area contributed by atoms with Gasteiger partial charge in [-0.2, -0.15) is 0 Å². The monoisotopic (exact) mass is 232 g/mol. The van der Waals surface area contributed by atoms with Crippen molar-refractivity contribution in [2.75, 3.05) is 0 Å². The van der Waals surface area contributed by atoms with Crippen molar-refractivity contribution < 1.29 is 14.7 Å². The standard InChI is InChI=1S/C12H12N2O3/c1-3-4-8(2)14-11(15)10-6-5-9(7-13-10)12(16)17/h1,5-8H,4H2,2H3,(H,14,15)(H,16,17). The number of carboxylic acid groups (broad SMARTS) is 1. The van der Waals surface area contributed by atoms with Gasteiger partial charge >= 0.3 is 5.97 Å². The van der Waals surface area contributed by atoms with E-state index >= 15 is 0 Å². The molecule has 88 valence electrons. The van der Waals surface area contributed by atoms with Gasteiger partial charge in [0.05, 0.1) is 5.56 Å². The number of carboxylic acids is 1.